The van der Waals surface area contributed by atoms with Gasteiger partial charge >= 0.3 is 5.97 Å². The Labute approximate surface area is 150 Å². The average Bonchev–Trinajstić information content (AvgIpc) is 3.06. The van der Waals surface area contributed by atoms with Gasteiger partial charge in [-0.15, -0.1) is 5.11 Å². The Balaban J connectivity index is 1.79. The van der Waals surface area contributed by atoms with Gasteiger partial charge in [0.05, 0.1) is 22.9 Å². The van der Waals surface area contributed by atoms with E-state index in [2.05, 4.69) is 10.2 Å². The van der Waals surface area contributed by atoms with Crippen LogP contribution in [0.25, 0.3) is 5.70 Å². The summed E-state index contributed by atoms with van der Waals surface area (Å²) in [4.78, 5) is 16.1. The molecule has 1 unspecified atom stereocenters. The molecule has 1 atom stereocenters. The zero-order valence-electron chi connectivity index (χ0n) is 13.8. The van der Waals surface area contributed by atoms with Gasteiger partial charge in [0.15, 0.2) is 0 Å². The van der Waals surface area contributed by atoms with Crippen molar-refractivity contribution in [2.24, 2.45) is 21.1 Å². The van der Waals surface area contributed by atoms with Crippen LogP contribution in [0.1, 0.15) is 15.9 Å². The SMILES string of the molecule is O=C(O)c1ccccc1N=NC1=C(c2ccccc2)N=C2C=CC=CC21. The Morgan fingerprint density at radius 3 is 2.54 bits per heavy atom. The molecule has 0 amide bonds. The van der Waals surface area contributed by atoms with Crippen molar-refractivity contribution in [2.45, 2.75) is 0 Å². The number of carboxylic acids is 1. The number of hydrogen-bond acceptors (Lipinski definition) is 4. The standard InChI is InChI=1S/C21H15N3O2/c25-21(26)16-11-5-7-13-18(16)23-24-20-15-10-4-6-12-17(15)22-19(20)14-8-2-1-3-9-14/h1-13,15H,(H,25,26). The smallest absolute Gasteiger partial charge is 0.337 e. The number of hydrogen-bond donors (Lipinski definition) is 1. The van der Waals surface area contributed by atoms with Crippen molar-refractivity contribution in [2.75, 3.05) is 0 Å². The van der Waals surface area contributed by atoms with E-state index in [1.54, 1.807) is 18.2 Å². The second kappa shape index (κ2) is 6.72. The maximum Gasteiger partial charge on any atom is 0.337 e. The number of nitrogens with zero attached hydrogens (tertiary/aromatic N) is 3. The summed E-state index contributed by atoms with van der Waals surface area (Å²) < 4.78 is 0. The summed E-state index contributed by atoms with van der Waals surface area (Å²) in [5.74, 6) is -1.10. The number of carboxylic acid groups (broad SMARTS) is 1. The van der Waals surface area contributed by atoms with Crippen molar-refractivity contribution < 1.29 is 9.90 Å². The molecule has 2 aromatic rings. The zero-order valence-corrected chi connectivity index (χ0v) is 13.8. The fourth-order valence-corrected chi connectivity index (χ4v) is 2.97. The van der Waals surface area contributed by atoms with Crippen LogP contribution < -0.4 is 0 Å². The quantitative estimate of drug-likeness (QED) is 0.792. The summed E-state index contributed by atoms with van der Waals surface area (Å²) >= 11 is 0. The van der Waals surface area contributed by atoms with E-state index in [0.29, 0.717) is 11.4 Å². The molecule has 0 saturated carbocycles. The molecular weight excluding hydrogens is 326 g/mol. The van der Waals surface area contributed by atoms with Crippen molar-refractivity contribution >= 4 is 23.1 Å². The normalized spacial score (nSPS) is 18.3. The number of benzene rings is 2. The van der Waals surface area contributed by atoms with Crippen LogP contribution in [0.3, 0.4) is 0 Å². The lowest BCUT2D eigenvalue weighted by Gasteiger charge is -2.10. The molecule has 0 aromatic heterocycles. The number of carbonyl (C=O) groups is 1. The summed E-state index contributed by atoms with van der Waals surface area (Å²) in [5, 5.41) is 18.0. The highest BCUT2D eigenvalue weighted by molar-refractivity contribution is 6.08. The average molecular weight is 341 g/mol. The Hall–Kier alpha value is -3.60. The molecule has 5 heteroatoms. The predicted molar refractivity (Wildman–Crippen MR) is 100 cm³/mol. The van der Waals surface area contributed by atoms with Crippen LogP contribution in [0.5, 0.6) is 0 Å². The second-order valence-corrected chi connectivity index (χ2v) is 5.88. The van der Waals surface area contributed by atoms with E-state index < -0.39 is 5.97 Å². The summed E-state index contributed by atoms with van der Waals surface area (Å²) in [6.45, 7) is 0. The number of rotatable bonds is 4. The molecular formula is C21H15N3O2. The molecule has 2 aromatic carbocycles. The van der Waals surface area contributed by atoms with Gasteiger partial charge in [-0.3, -0.25) is 0 Å². The first kappa shape index (κ1) is 15.9. The zero-order chi connectivity index (χ0) is 17.9. The number of aliphatic imine (C=N–C) groups is 1. The van der Waals surface area contributed by atoms with Gasteiger partial charge in [-0.25, -0.2) is 9.79 Å². The molecule has 0 spiro atoms. The Kier molecular flexibility index (Phi) is 4.11. The summed E-state index contributed by atoms with van der Waals surface area (Å²) in [6.07, 6.45) is 7.88. The highest BCUT2D eigenvalue weighted by Gasteiger charge is 2.28. The van der Waals surface area contributed by atoms with Gasteiger partial charge in [0, 0.05) is 5.56 Å². The van der Waals surface area contributed by atoms with Crippen LogP contribution in [0.4, 0.5) is 5.69 Å². The van der Waals surface area contributed by atoms with Crippen molar-refractivity contribution in [1.82, 2.24) is 0 Å². The maximum absolute atomic E-state index is 11.4. The number of aromatic carboxylic acids is 1. The van der Waals surface area contributed by atoms with E-state index >= 15 is 0 Å². The van der Waals surface area contributed by atoms with Crippen LogP contribution >= 0.6 is 0 Å². The number of allylic oxidation sites excluding steroid dienone is 4. The minimum absolute atomic E-state index is 0.0732. The fraction of sp³-hybridized carbons (Fsp3) is 0.0476. The van der Waals surface area contributed by atoms with Gasteiger partial charge in [-0.1, -0.05) is 60.7 Å². The molecule has 1 N–H and O–H groups in total. The highest BCUT2D eigenvalue weighted by atomic mass is 16.4. The summed E-state index contributed by atoms with van der Waals surface area (Å²) in [7, 11) is 0. The molecule has 4 rings (SSSR count). The molecule has 126 valence electrons. The topological polar surface area (TPSA) is 74.4 Å². The van der Waals surface area contributed by atoms with E-state index in [1.165, 1.54) is 6.07 Å². The monoisotopic (exact) mass is 341 g/mol. The van der Waals surface area contributed by atoms with E-state index in [4.69, 9.17) is 4.99 Å². The summed E-state index contributed by atoms with van der Waals surface area (Å²) in [5.41, 5.74) is 3.79. The lowest BCUT2D eigenvalue weighted by atomic mass is 9.96. The molecule has 1 aliphatic heterocycles. The van der Waals surface area contributed by atoms with E-state index in [-0.39, 0.29) is 11.5 Å². The molecule has 5 nitrogen and oxygen atoms in total. The first-order valence-electron chi connectivity index (χ1n) is 8.21. The third-order valence-electron chi connectivity index (χ3n) is 4.23. The third-order valence-corrected chi connectivity index (χ3v) is 4.23. The van der Waals surface area contributed by atoms with Crippen molar-refractivity contribution in [1.29, 1.82) is 0 Å². The van der Waals surface area contributed by atoms with Crippen molar-refractivity contribution in [3.05, 3.63) is 95.7 Å². The van der Waals surface area contributed by atoms with Crippen LogP contribution in [-0.2, 0) is 0 Å². The molecule has 26 heavy (non-hydrogen) atoms. The van der Waals surface area contributed by atoms with Crippen molar-refractivity contribution in [3.63, 3.8) is 0 Å². The van der Waals surface area contributed by atoms with Crippen LogP contribution in [0.2, 0.25) is 0 Å². The molecule has 1 aliphatic carbocycles. The molecule has 0 radical (unpaired) electrons. The predicted octanol–water partition coefficient (Wildman–Crippen LogP) is 5.03. The Bertz CT molecular complexity index is 1010. The lowest BCUT2D eigenvalue weighted by Crippen LogP contribution is -2.09. The first-order valence-corrected chi connectivity index (χ1v) is 8.21. The molecule has 1 heterocycles. The van der Waals surface area contributed by atoms with Gasteiger partial charge in [0.2, 0.25) is 0 Å². The van der Waals surface area contributed by atoms with Crippen LogP contribution in [-0.4, -0.2) is 16.8 Å². The van der Waals surface area contributed by atoms with Gasteiger partial charge in [0.1, 0.15) is 11.4 Å². The van der Waals surface area contributed by atoms with E-state index in [1.807, 2.05) is 54.6 Å². The largest absolute Gasteiger partial charge is 0.478 e. The van der Waals surface area contributed by atoms with Gasteiger partial charge < -0.3 is 5.11 Å². The number of azo groups is 1. The minimum Gasteiger partial charge on any atom is -0.478 e. The Morgan fingerprint density at radius 2 is 1.73 bits per heavy atom. The molecule has 0 bridgehead atoms. The molecule has 0 saturated heterocycles. The Morgan fingerprint density at radius 1 is 0.962 bits per heavy atom. The number of fused-ring (bicyclic) bond motifs is 1. The summed E-state index contributed by atoms with van der Waals surface area (Å²) in [6, 6.07) is 16.4. The molecule has 0 fully saturated rings. The van der Waals surface area contributed by atoms with Gasteiger partial charge in [0.25, 0.3) is 0 Å². The van der Waals surface area contributed by atoms with Crippen molar-refractivity contribution in [3.8, 4) is 0 Å². The van der Waals surface area contributed by atoms with Crippen LogP contribution in [0, 0.1) is 5.92 Å². The van der Waals surface area contributed by atoms with Gasteiger partial charge in [-0.2, -0.15) is 5.11 Å². The third kappa shape index (κ3) is 2.91. The van der Waals surface area contributed by atoms with Gasteiger partial charge in [-0.05, 0) is 18.2 Å². The minimum atomic E-state index is -1.03. The molecule has 2 aliphatic rings. The van der Waals surface area contributed by atoms with E-state index in [9.17, 15) is 9.90 Å². The van der Waals surface area contributed by atoms with E-state index in [0.717, 1.165) is 17.0 Å². The highest BCUT2D eigenvalue weighted by Crippen LogP contribution is 2.37. The van der Waals surface area contributed by atoms with Crippen LogP contribution in [0.15, 0.2) is 99.8 Å². The fourth-order valence-electron chi connectivity index (χ4n) is 2.97. The lowest BCUT2D eigenvalue weighted by molar-refractivity contribution is 0.0697. The maximum atomic E-state index is 11.4. The second-order valence-electron chi connectivity index (χ2n) is 5.88. The first-order chi connectivity index (χ1) is 12.7.